The quantitative estimate of drug-likeness (QED) is 0.868. The van der Waals surface area contributed by atoms with E-state index in [9.17, 15) is 13.2 Å². The Morgan fingerprint density at radius 1 is 1.18 bits per heavy atom. The second-order valence-electron chi connectivity index (χ2n) is 5.57. The first kappa shape index (κ1) is 14.8. The number of rotatable bonds is 3. The van der Waals surface area contributed by atoms with Crippen LogP contribution >= 0.6 is 0 Å². The highest BCUT2D eigenvalue weighted by molar-refractivity contribution is 5.41. The highest BCUT2D eigenvalue weighted by atomic mass is 19.4. The van der Waals surface area contributed by atoms with Crippen molar-refractivity contribution in [3.05, 3.63) is 54.0 Å². The van der Waals surface area contributed by atoms with Crippen molar-refractivity contribution in [1.29, 1.82) is 0 Å². The van der Waals surface area contributed by atoms with E-state index in [4.69, 9.17) is 0 Å². The van der Waals surface area contributed by atoms with Gasteiger partial charge in [-0.25, -0.2) is 4.98 Å². The average molecular weight is 307 g/mol. The van der Waals surface area contributed by atoms with E-state index < -0.39 is 11.7 Å². The maximum absolute atomic E-state index is 12.5. The lowest BCUT2D eigenvalue weighted by atomic mass is 10.0. The van der Waals surface area contributed by atoms with Crippen molar-refractivity contribution in [2.24, 2.45) is 5.92 Å². The number of hydrogen-bond donors (Lipinski definition) is 0. The third kappa shape index (κ3) is 3.37. The molecule has 1 saturated heterocycles. The molecule has 3 rings (SSSR count). The molecule has 1 aliphatic rings. The van der Waals surface area contributed by atoms with Crippen molar-refractivity contribution >= 4 is 5.82 Å². The van der Waals surface area contributed by atoms with Crippen molar-refractivity contribution in [3.8, 4) is 0 Å². The van der Waals surface area contributed by atoms with Crippen molar-refractivity contribution in [2.75, 3.05) is 18.0 Å². The van der Waals surface area contributed by atoms with E-state index in [0.29, 0.717) is 11.7 Å². The molecule has 1 aliphatic heterocycles. The maximum Gasteiger partial charge on any atom is 0.417 e. The van der Waals surface area contributed by atoms with Crippen molar-refractivity contribution in [2.45, 2.75) is 19.0 Å². The SMILES string of the molecule is FC(F)(F)c1ccc(N2CCC(Cc3cccnc3)C2)nc1. The Bertz CT molecular complexity index is 611. The lowest BCUT2D eigenvalue weighted by Gasteiger charge is -2.18. The Kier molecular flexibility index (Phi) is 4.00. The lowest BCUT2D eigenvalue weighted by molar-refractivity contribution is -0.137. The monoisotopic (exact) mass is 307 g/mol. The standard InChI is InChI=1S/C16H16F3N3/c17-16(18,19)14-3-4-15(21-10-14)22-7-5-13(11-22)8-12-2-1-6-20-9-12/h1-4,6,9-10,13H,5,7-8,11H2. The molecular weight excluding hydrogens is 291 g/mol. The van der Waals surface area contributed by atoms with Crippen LogP contribution in [0.15, 0.2) is 42.9 Å². The van der Waals surface area contributed by atoms with Gasteiger partial charge in [0.1, 0.15) is 5.82 Å². The largest absolute Gasteiger partial charge is 0.417 e. The fourth-order valence-corrected chi connectivity index (χ4v) is 2.80. The smallest absolute Gasteiger partial charge is 0.356 e. The van der Waals surface area contributed by atoms with E-state index in [0.717, 1.165) is 38.2 Å². The van der Waals surface area contributed by atoms with Crippen molar-refractivity contribution in [1.82, 2.24) is 9.97 Å². The second-order valence-corrected chi connectivity index (χ2v) is 5.57. The zero-order valence-corrected chi connectivity index (χ0v) is 11.9. The van der Waals surface area contributed by atoms with Crippen LogP contribution < -0.4 is 4.90 Å². The van der Waals surface area contributed by atoms with Gasteiger partial charge in [-0.3, -0.25) is 4.98 Å². The Morgan fingerprint density at radius 2 is 2.05 bits per heavy atom. The number of pyridine rings is 2. The van der Waals surface area contributed by atoms with Crippen LogP contribution in [0.25, 0.3) is 0 Å². The number of halogens is 3. The molecule has 0 aromatic carbocycles. The van der Waals surface area contributed by atoms with Gasteiger partial charge in [-0.1, -0.05) is 6.07 Å². The third-order valence-electron chi connectivity index (χ3n) is 3.93. The minimum absolute atomic E-state index is 0.480. The summed E-state index contributed by atoms with van der Waals surface area (Å²) in [7, 11) is 0. The fraction of sp³-hybridized carbons (Fsp3) is 0.375. The summed E-state index contributed by atoms with van der Waals surface area (Å²) in [6, 6.07) is 6.51. The molecule has 0 radical (unpaired) electrons. The zero-order chi connectivity index (χ0) is 15.6. The summed E-state index contributed by atoms with van der Waals surface area (Å²) in [6.45, 7) is 1.64. The molecular formula is C16H16F3N3. The third-order valence-corrected chi connectivity index (χ3v) is 3.93. The Balaban J connectivity index is 1.63. The van der Waals surface area contributed by atoms with Crippen LogP contribution in [0.3, 0.4) is 0 Å². The minimum Gasteiger partial charge on any atom is -0.356 e. The second kappa shape index (κ2) is 5.94. The van der Waals surface area contributed by atoms with Gasteiger partial charge in [0.15, 0.2) is 0 Å². The first-order valence-electron chi connectivity index (χ1n) is 7.19. The molecule has 22 heavy (non-hydrogen) atoms. The highest BCUT2D eigenvalue weighted by Gasteiger charge is 2.31. The molecule has 0 bridgehead atoms. The van der Waals surface area contributed by atoms with Crippen LogP contribution in [0.5, 0.6) is 0 Å². The maximum atomic E-state index is 12.5. The number of nitrogens with zero attached hydrogens (tertiary/aromatic N) is 3. The van der Waals surface area contributed by atoms with E-state index in [1.807, 2.05) is 23.2 Å². The summed E-state index contributed by atoms with van der Waals surface area (Å²) in [4.78, 5) is 10.1. The topological polar surface area (TPSA) is 29.0 Å². The predicted molar refractivity (Wildman–Crippen MR) is 77.5 cm³/mol. The summed E-state index contributed by atoms with van der Waals surface area (Å²) in [5.41, 5.74) is 0.483. The molecule has 1 atom stereocenters. The number of alkyl halides is 3. The lowest BCUT2D eigenvalue weighted by Crippen LogP contribution is -2.21. The van der Waals surface area contributed by atoms with Crippen LogP contribution in [-0.2, 0) is 12.6 Å². The highest BCUT2D eigenvalue weighted by Crippen LogP contribution is 2.30. The van der Waals surface area contributed by atoms with E-state index in [-0.39, 0.29) is 0 Å². The first-order chi connectivity index (χ1) is 10.5. The van der Waals surface area contributed by atoms with Gasteiger partial charge < -0.3 is 4.90 Å². The molecule has 0 spiro atoms. The molecule has 2 aromatic rings. The molecule has 1 fully saturated rings. The predicted octanol–water partition coefficient (Wildman–Crippen LogP) is 3.56. The van der Waals surface area contributed by atoms with Crippen molar-refractivity contribution < 1.29 is 13.2 Å². The number of aromatic nitrogens is 2. The summed E-state index contributed by atoms with van der Waals surface area (Å²) < 4.78 is 37.6. The van der Waals surface area contributed by atoms with Gasteiger partial charge in [0.05, 0.1) is 5.56 Å². The molecule has 2 aromatic heterocycles. The summed E-state index contributed by atoms with van der Waals surface area (Å²) in [6.07, 6.45) is 2.13. The van der Waals surface area contributed by atoms with E-state index in [2.05, 4.69) is 9.97 Å². The molecule has 0 saturated carbocycles. The van der Waals surface area contributed by atoms with Gasteiger partial charge in [-0.2, -0.15) is 13.2 Å². The molecule has 0 amide bonds. The number of anilines is 1. The summed E-state index contributed by atoms with van der Waals surface area (Å²) in [5.74, 6) is 1.09. The van der Waals surface area contributed by atoms with Gasteiger partial charge in [0.2, 0.25) is 0 Å². The van der Waals surface area contributed by atoms with Gasteiger partial charge in [-0.15, -0.1) is 0 Å². The Labute approximate surface area is 126 Å². The Morgan fingerprint density at radius 3 is 2.68 bits per heavy atom. The van der Waals surface area contributed by atoms with Gasteiger partial charge in [0, 0.05) is 31.7 Å². The summed E-state index contributed by atoms with van der Waals surface area (Å²) >= 11 is 0. The molecule has 6 heteroatoms. The Hall–Kier alpha value is -2.11. The molecule has 0 N–H and O–H groups in total. The molecule has 3 heterocycles. The van der Waals surface area contributed by atoms with Gasteiger partial charge in [0.25, 0.3) is 0 Å². The van der Waals surface area contributed by atoms with Gasteiger partial charge >= 0.3 is 6.18 Å². The molecule has 3 nitrogen and oxygen atoms in total. The van der Waals surface area contributed by atoms with Gasteiger partial charge in [-0.05, 0) is 42.5 Å². The van der Waals surface area contributed by atoms with Crippen LogP contribution in [0, 0.1) is 5.92 Å². The number of hydrogen-bond acceptors (Lipinski definition) is 3. The average Bonchev–Trinajstić information content (AvgIpc) is 2.96. The molecule has 0 aliphatic carbocycles. The van der Waals surface area contributed by atoms with Crippen LogP contribution in [0.1, 0.15) is 17.5 Å². The summed E-state index contributed by atoms with van der Waals surface area (Å²) in [5, 5.41) is 0. The van der Waals surface area contributed by atoms with Crippen LogP contribution in [0.4, 0.5) is 19.0 Å². The van der Waals surface area contributed by atoms with Crippen molar-refractivity contribution in [3.63, 3.8) is 0 Å². The van der Waals surface area contributed by atoms with Crippen LogP contribution in [0.2, 0.25) is 0 Å². The molecule has 116 valence electrons. The minimum atomic E-state index is -4.33. The van der Waals surface area contributed by atoms with Crippen LogP contribution in [-0.4, -0.2) is 23.1 Å². The first-order valence-corrected chi connectivity index (χ1v) is 7.19. The zero-order valence-electron chi connectivity index (χ0n) is 11.9. The van der Waals surface area contributed by atoms with E-state index in [1.165, 1.54) is 11.6 Å². The fourth-order valence-electron chi connectivity index (χ4n) is 2.80. The van der Waals surface area contributed by atoms with E-state index in [1.54, 1.807) is 6.20 Å². The van der Waals surface area contributed by atoms with E-state index >= 15 is 0 Å². The molecule has 1 unspecified atom stereocenters. The normalized spacial score (nSPS) is 18.7.